The van der Waals surface area contributed by atoms with E-state index in [-0.39, 0.29) is 0 Å². The van der Waals surface area contributed by atoms with Crippen molar-refractivity contribution in [1.82, 2.24) is 5.32 Å². The number of nitrogens with one attached hydrogen (secondary N) is 1. The van der Waals surface area contributed by atoms with Crippen LogP contribution in [0.4, 0.5) is 0 Å². The highest BCUT2D eigenvalue weighted by molar-refractivity contribution is 5.31. The third-order valence-corrected chi connectivity index (χ3v) is 3.57. The molecule has 0 aliphatic carbocycles. The molecule has 0 amide bonds. The van der Waals surface area contributed by atoms with Gasteiger partial charge in [0.2, 0.25) is 0 Å². The molecule has 0 radical (unpaired) electrons. The van der Waals surface area contributed by atoms with E-state index >= 15 is 0 Å². The lowest BCUT2D eigenvalue weighted by Gasteiger charge is -2.19. The summed E-state index contributed by atoms with van der Waals surface area (Å²) in [5.74, 6) is 1.78. The Bertz CT molecular complexity index is 351. The molecule has 1 aliphatic heterocycles. The maximum Gasteiger partial charge on any atom is 0.119 e. The fraction of sp³-hybridized carbons (Fsp3) is 0.600. The van der Waals surface area contributed by atoms with Crippen LogP contribution in [-0.2, 0) is 0 Å². The summed E-state index contributed by atoms with van der Waals surface area (Å²) in [6.07, 6.45) is 3.60. The quantitative estimate of drug-likeness (QED) is 0.840. The summed E-state index contributed by atoms with van der Waals surface area (Å²) in [6, 6.07) is 9.08. The van der Waals surface area contributed by atoms with Crippen molar-refractivity contribution in [3.63, 3.8) is 0 Å². The molecule has 0 bridgehead atoms. The molecule has 2 nitrogen and oxygen atoms in total. The van der Waals surface area contributed by atoms with E-state index in [4.69, 9.17) is 4.74 Å². The second kappa shape index (κ2) is 6.06. The molecule has 17 heavy (non-hydrogen) atoms. The van der Waals surface area contributed by atoms with Gasteiger partial charge in [-0.15, -0.1) is 0 Å². The summed E-state index contributed by atoms with van der Waals surface area (Å²) in [4.78, 5) is 0. The molecule has 2 atom stereocenters. The van der Waals surface area contributed by atoms with Gasteiger partial charge in [0.25, 0.3) is 0 Å². The summed E-state index contributed by atoms with van der Waals surface area (Å²) in [5.41, 5.74) is 1.38. The zero-order valence-electron chi connectivity index (χ0n) is 10.9. The van der Waals surface area contributed by atoms with Gasteiger partial charge in [0.15, 0.2) is 0 Å². The maximum atomic E-state index is 5.70. The van der Waals surface area contributed by atoms with Crippen molar-refractivity contribution in [2.24, 2.45) is 5.92 Å². The lowest BCUT2D eigenvalue weighted by molar-refractivity contribution is 0.316. The third-order valence-electron chi connectivity index (χ3n) is 3.57. The standard InChI is InChI=1S/C15H23NO/c1-3-10-17-14-7-5-6-13(11-14)15-12(4-2)8-9-16-15/h5-7,11-12,15-16H,3-4,8-10H2,1-2H3. The van der Waals surface area contributed by atoms with E-state index < -0.39 is 0 Å². The van der Waals surface area contributed by atoms with Gasteiger partial charge >= 0.3 is 0 Å². The average Bonchev–Trinajstić information content (AvgIpc) is 2.85. The molecular formula is C15H23NO. The maximum absolute atomic E-state index is 5.70. The van der Waals surface area contributed by atoms with E-state index in [0.717, 1.165) is 31.2 Å². The topological polar surface area (TPSA) is 21.3 Å². The van der Waals surface area contributed by atoms with Crippen molar-refractivity contribution in [1.29, 1.82) is 0 Å². The molecule has 2 unspecified atom stereocenters. The van der Waals surface area contributed by atoms with Crippen molar-refractivity contribution in [2.45, 2.75) is 39.2 Å². The molecule has 2 heteroatoms. The molecule has 0 spiro atoms. The van der Waals surface area contributed by atoms with Gasteiger partial charge in [-0.25, -0.2) is 0 Å². The first kappa shape index (κ1) is 12.4. The van der Waals surface area contributed by atoms with Crippen LogP contribution in [0.3, 0.4) is 0 Å². The fourth-order valence-corrected chi connectivity index (χ4v) is 2.61. The second-order valence-electron chi connectivity index (χ2n) is 4.81. The molecule has 0 saturated carbocycles. The van der Waals surface area contributed by atoms with Crippen molar-refractivity contribution in [3.05, 3.63) is 29.8 Å². The monoisotopic (exact) mass is 233 g/mol. The number of ether oxygens (including phenoxy) is 1. The average molecular weight is 233 g/mol. The van der Waals surface area contributed by atoms with Gasteiger partial charge in [0.1, 0.15) is 5.75 Å². The summed E-state index contributed by atoms with van der Waals surface area (Å²) in [7, 11) is 0. The van der Waals surface area contributed by atoms with E-state index in [2.05, 4.69) is 43.4 Å². The van der Waals surface area contributed by atoms with Crippen molar-refractivity contribution >= 4 is 0 Å². The molecule has 1 aromatic carbocycles. The van der Waals surface area contributed by atoms with Crippen LogP contribution < -0.4 is 10.1 Å². The number of hydrogen-bond donors (Lipinski definition) is 1. The number of rotatable bonds is 5. The first-order valence-electron chi connectivity index (χ1n) is 6.81. The summed E-state index contributed by atoms with van der Waals surface area (Å²) < 4.78 is 5.70. The van der Waals surface area contributed by atoms with Gasteiger partial charge in [-0.05, 0) is 43.0 Å². The smallest absolute Gasteiger partial charge is 0.119 e. The van der Waals surface area contributed by atoms with Gasteiger partial charge in [-0.2, -0.15) is 0 Å². The van der Waals surface area contributed by atoms with Gasteiger partial charge in [0, 0.05) is 6.04 Å². The number of benzene rings is 1. The summed E-state index contributed by atoms with van der Waals surface area (Å²) >= 11 is 0. The van der Waals surface area contributed by atoms with Gasteiger partial charge in [0.05, 0.1) is 6.61 Å². The largest absolute Gasteiger partial charge is 0.494 e. The molecule has 1 fully saturated rings. The Kier molecular flexibility index (Phi) is 4.43. The van der Waals surface area contributed by atoms with Crippen LogP contribution in [-0.4, -0.2) is 13.2 Å². The summed E-state index contributed by atoms with van der Waals surface area (Å²) in [5, 5.41) is 3.60. The minimum atomic E-state index is 0.519. The van der Waals surface area contributed by atoms with E-state index in [1.165, 1.54) is 18.4 Å². The van der Waals surface area contributed by atoms with Crippen LogP contribution in [0.15, 0.2) is 24.3 Å². The Morgan fingerprint density at radius 3 is 3.00 bits per heavy atom. The summed E-state index contributed by atoms with van der Waals surface area (Å²) in [6.45, 7) is 6.36. The first-order valence-corrected chi connectivity index (χ1v) is 6.81. The van der Waals surface area contributed by atoms with Gasteiger partial charge < -0.3 is 10.1 Å². The third kappa shape index (κ3) is 3.01. The minimum absolute atomic E-state index is 0.519. The van der Waals surface area contributed by atoms with E-state index in [1.54, 1.807) is 0 Å². The lowest BCUT2D eigenvalue weighted by atomic mass is 9.92. The molecule has 1 aliphatic rings. The van der Waals surface area contributed by atoms with Crippen molar-refractivity contribution in [2.75, 3.05) is 13.2 Å². The molecule has 94 valence electrons. The Labute approximate surface area is 104 Å². The molecule has 2 rings (SSSR count). The predicted octanol–water partition coefficient (Wildman–Crippen LogP) is 3.54. The van der Waals surface area contributed by atoms with Gasteiger partial charge in [-0.3, -0.25) is 0 Å². The highest BCUT2D eigenvalue weighted by Crippen LogP contribution is 2.33. The van der Waals surface area contributed by atoms with E-state index in [1.807, 2.05) is 0 Å². The van der Waals surface area contributed by atoms with Crippen LogP contribution in [0, 0.1) is 5.92 Å². The van der Waals surface area contributed by atoms with Crippen molar-refractivity contribution < 1.29 is 4.74 Å². The zero-order chi connectivity index (χ0) is 12.1. The van der Waals surface area contributed by atoms with Crippen LogP contribution in [0.5, 0.6) is 5.75 Å². The van der Waals surface area contributed by atoms with Gasteiger partial charge in [-0.1, -0.05) is 32.4 Å². The SMILES string of the molecule is CCCOc1cccc(C2NCCC2CC)c1. The number of hydrogen-bond acceptors (Lipinski definition) is 2. The highest BCUT2D eigenvalue weighted by Gasteiger charge is 2.26. The Balaban J connectivity index is 2.09. The molecular weight excluding hydrogens is 210 g/mol. The Morgan fingerprint density at radius 1 is 1.35 bits per heavy atom. The minimum Gasteiger partial charge on any atom is -0.494 e. The van der Waals surface area contributed by atoms with E-state index in [9.17, 15) is 0 Å². The molecule has 1 aromatic rings. The molecule has 1 N–H and O–H groups in total. The van der Waals surface area contributed by atoms with Crippen LogP contribution in [0.1, 0.15) is 44.7 Å². The predicted molar refractivity (Wildman–Crippen MR) is 71.4 cm³/mol. The van der Waals surface area contributed by atoms with Crippen molar-refractivity contribution in [3.8, 4) is 5.75 Å². The fourth-order valence-electron chi connectivity index (χ4n) is 2.61. The lowest BCUT2D eigenvalue weighted by Crippen LogP contribution is -2.17. The highest BCUT2D eigenvalue weighted by atomic mass is 16.5. The van der Waals surface area contributed by atoms with E-state index in [0.29, 0.717) is 6.04 Å². The molecule has 0 aromatic heterocycles. The second-order valence-corrected chi connectivity index (χ2v) is 4.81. The molecule has 1 saturated heterocycles. The van der Waals surface area contributed by atoms with Crippen LogP contribution >= 0.6 is 0 Å². The normalized spacial score (nSPS) is 23.9. The molecule has 1 heterocycles. The Hall–Kier alpha value is -1.02. The van der Waals surface area contributed by atoms with Crippen LogP contribution in [0.2, 0.25) is 0 Å². The first-order chi connectivity index (χ1) is 8.35. The van der Waals surface area contributed by atoms with Crippen LogP contribution in [0.25, 0.3) is 0 Å². The Morgan fingerprint density at radius 2 is 2.24 bits per heavy atom. The zero-order valence-corrected chi connectivity index (χ0v) is 10.9.